The first kappa shape index (κ1) is 40.8. The van der Waals surface area contributed by atoms with Gasteiger partial charge in [-0.2, -0.15) is 0 Å². The summed E-state index contributed by atoms with van der Waals surface area (Å²) >= 11 is 1.63. The minimum Gasteiger partial charge on any atom is -0.374 e. The van der Waals surface area contributed by atoms with E-state index in [1.165, 1.54) is 6.07 Å². The number of aliphatic hydroxyl groups is 1. The van der Waals surface area contributed by atoms with Crippen molar-refractivity contribution >= 4 is 32.2 Å². The van der Waals surface area contributed by atoms with Crippen molar-refractivity contribution in [1.29, 1.82) is 0 Å². The molecule has 8 aromatic rings. The van der Waals surface area contributed by atoms with Crippen molar-refractivity contribution in [2.75, 3.05) is 6.61 Å². The van der Waals surface area contributed by atoms with Gasteiger partial charge in [-0.15, -0.1) is 11.3 Å². The highest BCUT2D eigenvalue weighted by Crippen LogP contribution is 2.45. The Labute approximate surface area is 359 Å². The van der Waals surface area contributed by atoms with Gasteiger partial charge in [-0.25, -0.2) is 4.39 Å². The van der Waals surface area contributed by atoms with Crippen LogP contribution in [-0.2, 0) is 62.3 Å². The molecule has 8 heteroatoms. The summed E-state index contributed by atoms with van der Waals surface area (Å²) in [5.74, 6) is -2.32. The number of fused-ring (bicyclic) bond motifs is 2. The van der Waals surface area contributed by atoms with Crippen molar-refractivity contribution in [2.45, 2.75) is 63.1 Å². The summed E-state index contributed by atoms with van der Waals surface area (Å²) in [7, 11) is 0. The molecule has 1 aromatic heterocycles. The second-order valence-corrected chi connectivity index (χ2v) is 16.7. The summed E-state index contributed by atoms with van der Waals surface area (Å²) in [6.07, 6.45) is -2.88. The Morgan fingerprint density at radius 2 is 1.10 bits per heavy atom. The highest BCUT2D eigenvalue weighted by atomic mass is 32.1. The Balaban J connectivity index is 1.16. The van der Waals surface area contributed by atoms with E-state index in [-0.39, 0.29) is 32.2 Å². The zero-order chi connectivity index (χ0) is 41.4. The summed E-state index contributed by atoms with van der Waals surface area (Å²) in [6.45, 7) is 1.13. The molecule has 1 saturated heterocycles. The molecule has 0 amide bonds. The highest BCUT2D eigenvalue weighted by molar-refractivity contribution is 7.19. The summed E-state index contributed by atoms with van der Waals surface area (Å²) in [4.78, 5) is 1.07. The van der Waals surface area contributed by atoms with Crippen LogP contribution >= 0.6 is 11.3 Å². The molecule has 0 aliphatic carbocycles. The van der Waals surface area contributed by atoms with Gasteiger partial charge in [-0.1, -0.05) is 152 Å². The highest BCUT2D eigenvalue weighted by Gasteiger charge is 2.57. The van der Waals surface area contributed by atoms with Crippen LogP contribution in [0.1, 0.15) is 38.3 Å². The molecule has 0 spiro atoms. The van der Waals surface area contributed by atoms with Crippen molar-refractivity contribution < 1.29 is 33.2 Å². The van der Waals surface area contributed by atoms with Gasteiger partial charge >= 0.3 is 0 Å². The molecule has 1 aliphatic heterocycles. The third-order valence-corrected chi connectivity index (χ3v) is 12.3. The largest absolute Gasteiger partial charge is 0.374 e. The number of thiophene rings is 1. The molecule has 61 heavy (non-hydrogen) atoms. The smallest absolute Gasteiger partial charge is 0.223 e. The van der Waals surface area contributed by atoms with Crippen LogP contribution in [0.5, 0.6) is 0 Å². The SMILES string of the molecule is OC1(c2cc(Cc3cc4cc(F)ccc4s3)cc3ccccc23)O[C@H](COCc2ccccc2)[C@H](OCc2ccccc2)[C@@H](OCc2ccccc2)[C@H]1OCc1ccccc1. The van der Waals surface area contributed by atoms with Crippen LogP contribution in [0.15, 0.2) is 182 Å². The first-order valence-electron chi connectivity index (χ1n) is 20.7. The molecule has 1 fully saturated rings. The minimum absolute atomic E-state index is 0.100. The van der Waals surface area contributed by atoms with Crippen molar-refractivity contribution in [3.05, 3.63) is 226 Å². The Hall–Kier alpha value is -5.55. The van der Waals surface area contributed by atoms with Crippen LogP contribution in [0.2, 0.25) is 0 Å². The quantitative estimate of drug-likeness (QED) is 0.105. The van der Waals surface area contributed by atoms with E-state index in [2.05, 4.69) is 6.07 Å². The molecule has 1 unspecified atom stereocenters. The zero-order valence-electron chi connectivity index (χ0n) is 33.6. The van der Waals surface area contributed by atoms with Crippen LogP contribution < -0.4 is 0 Å². The molecule has 0 radical (unpaired) electrons. The van der Waals surface area contributed by atoms with E-state index >= 15 is 0 Å². The first-order chi connectivity index (χ1) is 30.0. The fraction of sp³-hybridized carbons (Fsp3) is 0.208. The molecular formula is C53H47FO6S. The van der Waals surface area contributed by atoms with E-state index in [1.807, 2.05) is 164 Å². The molecule has 2 heterocycles. The zero-order valence-corrected chi connectivity index (χ0v) is 34.5. The standard InChI is InChI=1S/C53H47FO6S/c54-44-25-26-49-43(30-44)31-45(61-49)28-41-27-42-23-13-14-24-46(42)47(29-41)53(55)52(59-35-40-21-11-4-12-22-40)51(58-34-39-19-9-3-10-20-39)50(57-33-38-17-7-2-8-18-38)48(60-53)36-56-32-37-15-5-1-6-16-37/h1-27,29-31,48,50-52,55H,28,32-36H2/t48-,50+,51-,52-,53?/m1/s1. The topological polar surface area (TPSA) is 66.4 Å². The molecule has 5 atom stereocenters. The summed E-state index contributed by atoms with van der Waals surface area (Å²) in [5, 5.41) is 16.3. The van der Waals surface area contributed by atoms with E-state index in [9.17, 15) is 9.50 Å². The number of hydrogen-bond acceptors (Lipinski definition) is 7. The van der Waals surface area contributed by atoms with Crippen molar-refractivity contribution in [1.82, 2.24) is 0 Å². The Morgan fingerprint density at radius 3 is 1.74 bits per heavy atom. The van der Waals surface area contributed by atoms with Gasteiger partial charge in [0.1, 0.15) is 30.2 Å². The maximum absolute atomic E-state index is 14.2. The van der Waals surface area contributed by atoms with Crippen LogP contribution in [-0.4, -0.2) is 36.1 Å². The lowest BCUT2D eigenvalue weighted by atomic mass is 9.84. The van der Waals surface area contributed by atoms with E-state index < -0.39 is 30.2 Å². The number of ether oxygens (including phenoxy) is 5. The van der Waals surface area contributed by atoms with Gasteiger partial charge in [0.2, 0.25) is 5.79 Å². The van der Waals surface area contributed by atoms with Crippen LogP contribution in [0, 0.1) is 5.82 Å². The molecule has 1 N–H and O–H groups in total. The lowest BCUT2D eigenvalue weighted by Crippen LogP contribution is -2.65. The second kappa shape index (κ2) is 19.0. The first-order valence-corrected chi connectivity index (χ1v) is 21.5. The normalized spacial score (nSPS) is 20.3. The van der Waals surface area contributed by atoms with Crippen LogP contribution in [0.3, 0.4) is 0 Å². The van der Waals surface area contributed by atoms with Gasteiger partial charge in [-0.3, -0.25) is 0 Å². The maximum atomic E-state index is 14.2. The van der Waals surface area contributed by atoms with E-state index in [1.54, 1.807) is 17.4 Å². The van der Waals surface area contributed by atoms with Gasteiger partial charge in [-0.05, 0) is 74.3 Å². The predicted octanol–water partition coefficient (Wildman–Crippen LogP) is 11.3. The fourth-order valence-corrected chi connectivity index (χ4v) is 9.28. The fourth-order valence-electron chi connectivity index (χ4n) is 8.20. The lowest BCUT2D eigenvalue weighted by Gasteiger charge is -2.50. The molecule has 308 valence electrons. The molecular weight excluding hydrogens is 784 g/mol. The molecule has 1 aliphatic rings. The van der Waals surface area contributed by atoms with Crippen LogP contribution in [0.4, 0.5) is 4.39 Å². The lowest BCUT2D eigenvalue weighted by molar-refractivity contribution is -0.378. The maximum Gasteiger partial charge on any atom is 0.223 e. The van der Waals surface area contributed by atoms with Gasteiger partial charge < -0.3 is 28.8 Å². The number of benzene rings is 7. The van der Waals surface area contributed by atoms with Crippen molar-refractivity contribution in [2.24, 2.45) is 0 Å². The Morgan fingerprint density at radius 1 is 0.541 bits per heavy atom. The molecule has 9 rings (SSSR count). The van der Waals surface area contributed by atoms with E-state index in [0.29, 0.717) is 18.6 Å². The average molecular weight is 831 g/mol. The monoisotopic (exact) mass is 830 g/mol. The Kier molecular flexibility index (Phi) is 12.7. The van der Waals surface area contributed by atoms with Crippen molar-refractivity contribution in [3.8, 4) is 0 Å². The van der Waals surface area contributed by atoms with Crippen molar-refractivity contribution in [3.63, 3.8) is 0 Å². The number of halogens is 1. The van der Waals surface area contributed by atoms with Gasteiger partial charge in [0, 0.05) is 21.6 Å². The molecule has 0 bridgehead atoms. The predicted molar refractivity (Wildman–Crippen MR) is 238 cm³/mol. The third-order valence-electron chi connectivity index (χ3n) is 11.2. The number of rotatable bonds is 16. The molecule has 0 saturated carbocycles. The third kappa shape index (κ3) is 9.67. The van der Waals surface area contributed by atoms with Crippen LogP contribution in [0.25, 0.3) is 20.9 Å². The summed E-state index contributed by atoms with van der Waals surface area (Å²) in [5.41, 5.74) is 5.40. The van der Waals surface area contributed by atoms with E-state index in [4.69, 9.17) is 23.7 Å². The average Bonchev–Trinajstić information content (AvgIpc) is 3.70. The van der Waals surface area contributed by atoms with E-state index in [0.717, 1.165) is 53.6 Å². The molecule has 7 aromatic carbocycles. The number of hydrogen-bond donors (Lipinski definition) is 1. The van der Waals surface area contributed by atoms with Gasteiger partial charge in [0.05, 0.1) is 33.0 Å². The van der Waals surface area contributed by atoms with Gasteiger partial charge in [0.25, 0.3) is 0 Å². The second-order valence-electron chi connectivity index (χ2n) is 15.5. The summed E-state index contributed by atoms with van der Waals surface area (Å²) in [6, 6.07) is 59.0. The van der Waals surface area contributed by atoms with Gasteiger partial charge in [0.15, 0.2) is 0 Å². The minimum atomic E-state index is -2.05. The Bertz CT molecular complexity index is 2640. The molecule has 6 nitrogen and oxygen atoms in total. The summed E-state index contributed by atoms with van der Waals surface area (Å²) < 4.78 is 49.6.